The van der Waals surface area contributed by atoms with E-state index >= 15 is 0 Å². The molecule has 0 bridgehead atoms. The molecule has 0 saturated carbocycles. The first-order valence-electron chi connectivity index (χ1n) is 9.35. The molecular weight excluding hydrogens is 378 g/mol. The molecule has 28 heavy (non-hydrogen) atoms. The van der Waals surface area contributed by atoms with Crippen LogP contribution in [-0.4, -0.2) is 54.0 Å². The summed E-state index contributed by atoms with van der Waals surface area (Å²) in [5.74, 6) is -0.135. The molecule has 2 heterocycles. The van der Waals surface area contributed by atoms with Gasteiger partial charge < -0.3 is 10.0 Å². The van der Waals surface area contributed by atoms with E-state index in [0.29, 0.717) is 36.9 Å². The minimum atomic E-state index is -0.445. The lowest BCUT2D eigenvalue weighted by Gasteiger charge is -2.38. The summed E-state index contributed by atoms with van der Waals surface area (Å²) in [6, 6.07) is 12.1. The van der Waals surface area contributed by atoms with E-state index in [1.165, 1.54) is 4.90 Å². The molecule has 0 spiro atoms. The van der Waals surface area contributed by atoms with E-state index in [4.69, 9.17) is 11.6 Å². The second kappa shape index (κ2) is 7.45. The number of hydrogen-bond acceptors (Lipinski definition) is 5. The lowest BCUT2D eigenvalue weighted by atomic mass is 10.1. The summed E-state index contributed by atoms with van der Waals surface area (Å²) in [4.78, 5) is 31.0. The number of amides is 2. The van der Waals surface area contributed by atoms with Gasteiger partial charge in [0.2, 0.25) is 5.91 Å². The quantitative estimate of drug-likeness (QED) is 0.804. The maximum Gasteiger partial charge on any atom is 0.251 e. The highest BCUT2D eigenvalue weighted by atomic mass is 35.5. The molecular formula is C21H22ClN3O3. The average Bonchev–Trinajstić information content (AvgIpc) is 2.99. The molecule has 0 aromatic heterocycles. The standard InChI is InChI=1S/C21H22ClN3O3/c1-14-6-7-15(12-16(14)22)25-20(27)13-18(21(25)28)24-10-8-23(9-11-24)17-4-2-3-5-19(17)26/h2-7,12,18,26H,8-11,13H2,1H3. The predicted octanol–water partition coefficient (Wildman–Crippen LogP) is 2.81. The monoisotopic (exact) mass is 399 g/mol. The van der Waals surface area contributed by atoms with Crippen LogP contribution in [0.5, 0.6) is 5.75 Å². The van der Waals surface area contributed by atoms with Crippen molar-refractivity contribution >= 4 is 34.8 Å². The minimum Gasteiger partial charge on any atom is -0.506 e. The van der Waals surface area contributed by atoms with Crippen molar-refractivity contribution in [3.05, 3.63) is 53.1 Å². The number of halogens is 1. The van der Waals surface area contributed by atoms with Crippen molar-refractivity contribution in [2.75, 3.05) is 36.0 Å². The van der Waals surface area contributed by atoms with Crippen molar-refractivity contribution in [1.29, 1.82) is 0 Å². The number of aromatic hydroxyl groups is 1. The first-order chi connectivity index (χ1) is 13.5. The fraction of sp³-hybridized carbons (Fsp3) is 0.333. The Morgan fingerprint density at radius 3 is 2.43 bits per heavy atom. The van der Waals surface area contributed by atoms with Gasteiger partial charge in [0.05, 0.1) is 23.8 Å². The molecule has 1 unspecified atom stereocenters. The number of carbonyl (C=O) groups is 2. The third-order valence-electron chi connectivity index (χ3n) is 5.51. The minimum absolute atomic E-state index is 0.181. The number of benzene rings is 2. The van der Waals surface area contributed by atoms with Crippen LogP contribution in [0.4, 0.5) is 11.4 Å². The number of carbonyl (C=O) groups excluding carboxylic acids is 2. The molecule has 1 N–H and O–H groups in total. The summed E-state index contributed by atoms with van der Waals surface area (Å²) in [7, 11) is 0. The van der Waals surface area contributed by atoms with Crippen molar-refractivity contribution in [2.45, 2.75) is 19.4 Å². The van der Waals surface area contributed by atoms with Crippen LogP contribution >= 0.6 is 11.6 Å². The van der Waals surface area contributed by atoms with Gasteiger partial charge in [-0.2, -0.15) is 0 Å². The first-order valence-corrected chi connectivity index (χ1v) is 9.73. The van der Waals surface area contributed by atoms with Crippen molar-refractivity contribution in [1.82, 2.24) is 4.90 Å². The highest BCUT2D eigenvalue weighted by Crippen LogP contribution is 2.31. The molecule has 2 fully saturated rings. The largest absolute Gasteiger partial charge is 0.506 e. The van der Waals surface area contributed by atoms with Gasteiger partial charge in [-0.1, -0.05) is 29.8 Å². The van der Waals surface area contributed by atoms with Crippen LogP contribution in [0.1, 0.15) is 12.0 Å². The first kappa shape index (κ1) is 18.8. The SMILES string of the molecule is Cc1ccc(N2C(=O)CC(N3CCN(c4ccccc4O)CC3)C2=O)cc1Cl. The van der Waals surface area contributed by atoms with E-state index in [1.54, 1.807) is 24.3 Å². The van der Waals surface area contributed by atoms with Crippen LogP contribution in [0.15, 0.2) is 42.5 Å². The van der Waals surface area contributed by atoms with E-state index in [9.17, 15) is 14.7 Å². The van der Waals surface area contributed by atoms with E-state index in [-0.39, 0.29) is 24.0 Å². The van der Waals surface area contributed by atoms with Gasteiger partial charge in [0.15, 0.2) is 0 Å². The van der Waals surface area contributed by atoms with E-state index < -0.39 is 6.04 Å². The number of nitrogens with zero attached hydrogens (tertiary/aromatic N) is 3. The number of piperazine rings is 1. The molecule has 2 amide bonds. The molecule has 0 radical (unpaired) electrons. The van der Waals surface area contributed by atoms with E-state index in [2.05, 4.69) is 9.80 Å². The smallest absolute Gasteiger partial charge is 0.251 e. The van der Waals surface area contributed by atoms with E-state index in [1.807, 2.05) is 25.1 Å². The second-order valence-electron chi connectivity index (χ2n) is 7.23. The lowest BCUT2D eigenvalue weighted by molar-refractivity contribution is -0.123. The Kier molecular flexibility index (Phi) is 5.00. The Bertz CT molecular complexity index is 925. The molecule has 0 aliphatic carbocycles. The number of phenols is 1. The Morgan fingerprint density at radius 1 is 1.04 bits per heavy atom. The highest BCUT2D eigenvalue weighted by molar-refractivity contribution is 6.32. The number of rotatable bonds is 3. The van der Waals surface area contributed by atoms with Gasteiger partial charge in [0, 0.05) is 31.2 Å². The maximum atomic E-state index is 13.0. The van der Waals surface area contributed by atoms with Crippen molar-refractivity contribution in [3.63, 3.8) is 0 Å². The number of para-hydroxylation sites is 2. The topological polar surface area (TPSA) is 64.1 Å². The van der Waals surface area contributed by atoms with Gasteiger partial charge in [-0.05, 0) is 36.8 Å². The van der Waals surface area contributed by atoms with Gasteiger partial charge in [-0.25, -0.2) is 4.90 Å². The number of imide groups is 1. The summed E-state index contributed by atoms with van der Waals surface area (Å²) < 4.78 is 0. The third kappa shape index (κ3) is 3.34. The predicted molar refractivity (Wildman–Crippen MR) is 109 cm³/mol. The Labute approximate surface area is 168 Å². The van der Waals surface area contributed by atoms with Gasteiger partial charge in [-0.15, -0.1) is 0 Å². The molecule has 4 rings (SSSR count). The third-order valence-corrected chi connectivity index (χ3v) is 5.92. The number of hydrogen-bond donors (Lipinski definition) is 1. The van der Waals surface area contributed by atoms with Crippen LogP contribution in [0.3, 0.4) is 0 Å². The fourth-order valence-electron chi connectivity index (χ4n) is 3.90. The Morgan fingerprint density at radius 2 is 1.75 bits per heavy atom. The average molecular weight is 400 g/mol. The molecule has 2 aromatic carbocycles. The molecule has 2 aliphatic heterocycles. The van der Waals surface area contributed by atoms with Crippen molar-refractivity contribution in [2.24, 2.45) is 0 Å². The zero-order valence-corrected chi connectivity index (χ0v) is 16.4. The molecule has 1 atom stereocenters. The summed E-state index contributed by atoms with van der Waals surface area (Å²) in [5.41, 5.74) is 2.23. The molecule has 2 saturated heterocycles. The molecule has 146 valence electrons. The zero-order chi connectivity index (χ0) is 19.8. The lowest BCUT2D eigenvalue weighted by Crippen LogP contribution is -2.52. The summed E-state index contributed by atoms with van der Waals surface area (Å²) >= 11 is 6.17. The van der Waals surface area contributed by atoms with Gasteiger partial charge in [-0.3, -0.25) is 14.5 Å². The number of anilines is 2. The van der Waals surface area contributed by atoms with Crippen LogP contribution < -0.4 is 9.80 Å². The Hall–Kier alpha value is -2.57. The highest BCUT2D eigenvalue weighted by Gasteiger charge is 2.43. The van der Waals surface area contributed by atoms with Gasteiger partial charge in [0.1, 0.15) is 5.75 Å². The van der Waals surface area contributed by atoms with Gasteiger partial charge >= 0.3 is 0 Å². The van der Waals surface area contributed by atoms with Crippen LogP contribution in [0.2, 0.25) is 5.02 Å². The van der Waals surface area contributed by atoms with E-state index in [0.717, 1.165) is 11.3 Å². The maximum absolute atomic E-state index is 13.0. The Balaban J connectivity index is 1.46. The van der Waals surface area contributed by atoms with Crippen LogP contribution in [0, 0.1) is 6.92 Å². The molecule has 6 nitrogen and oxygen atoms in total. The normalized spacial score (nSPS) is 20.9. The summed E-state index contributed by atoms with van der Waals surface area (Å²) in [5, 5.41) is 10.6. The van der Waals surface area contributed by atoms with Crippen molar-refractivity contribution in [3.8, 4) is 5.75 Å². The van der Waals surface area contributed by atoms with Crippen molar-refractivity contribution < 1.29 is 14.7 Å². The number of aryl methyl sites for hydroxylation is 1. The summed E-state index contributed by atoms with van der Waals surface area (Å²) in [6.07, 6.45) is 0.181. The molecule has 7 heteroatoms. The van der Waals surface area contributed by atoms with Crippen LogP contribution in [-0.2, 0) is 9.59 Å². The molecule has 2 aromatic rings. The molecule has 2 aliphatic rings. The second-order valence-corrected chi connectivity index (χ2v) is 7.64. The zero-order valence-electron chi connectivity index (χ0n) is 15.6. The van der Waals surface area contributed by atoms with Gasteiger partial charge in [0.25, 0.3) is 5.91 Å². The number of phenolic OH excluding ortho intramolecular Hbond substituents is 1. The summed E-state index contributed by atoms with van der Waals surface area (Å²) in [6.45, 7) is 4.56. The fourth-order valence-corrected chi connectivity index (χ4v) is 4.07. The van der Waals surface area contributed by atoms with Crippen LogP contribution in [0.25, 0.3) is 0 Å².